The predicted molar refractivity (Wildman–Crippen MR) is 82.5 cm³/mol. The normalized spacial score (nSPS) is 13.1. The molecule has 0 aliphatic heterocycles. The highest BCUT2D eigenvalue weighted by Crippen LogP contribution is 2.14. The fraction of sp³-hybridized carbons (Fsp3) is 0.571. The summed E-state index contributed by atoms with van der Waals surface area (Å²) in [6.07, 6.45) is 5.58. The maximum absolute atomic E-state index is 4.46. The van der Waals surface area contributed by atoms with Crippen molar-refractivity contribution in [1.29, 1.82) is 0 Å². The van der Waals surface area contributed by atoms with Gasteiger partial charge in [-0.2, -0.15) is 4.98 Å². The summed E-state index contributed by atoms with van der Waals surface area (Å²) >= 11 is 3.43. The van der Waals surface area contributed by atoms with E-state index in [0.29, 0.717) is 12.0 Å². The van der Waals surface area contributed by atoms with Gasteiger partial charge < -0.3 is 5.32 Å². The fourth-order valence-electron chi connectivity index (χ4n) is 2.04. The van der Waals surface area contributed by atoms with Crippen molar-refractivity contribution in [2.75, 3.05) is 5.32 Å². The summed E-state index contributed by atoms with van der Waals surface area (Å²) < 4.78 is 2.79. The van der Waals surface area contributed by atoms with Gasteiger partial charge in [0.15, 0.2) is 5.65 Å². The van der Waals surface area contributed by atoms with Crippen molar-refractivity contribution >= 4 is 27.5 Å². The van der Waals surface area contributed by atoms with Gasteiger partial charge in [0.2, 0.25) is 5.95 Å². The zero-order chi connectivity index (χ0) is 13.8. The van der Waals surface area contributed by atoms with Crippen LogP contribution in [0.2, 0.25) is 0 Å². The highest BCUT2D eigenvalue weighted by molar-refractivity contribution is 9.10. The quantitative estimate of drug-likeness (QED) is 0.869. The minimum Gasteiger partial charge on any atom is -0.350 e. The van der Waals surface area contributed by atoms with E-state index in [1.54, 1.807) is 4.52 Å². The van der Waals surface area contributed by atoms with Crippen molar-refractivity contribution in [2.45, 2.75) is 46.1 Å². The van der Waals surface area contributed by atoms with E-state index in [1.165, 1.54) is 12.8 Å². The summed E-state index contributed by atoms with van der Waals surface area (Å²) in [7, 11) is 0. The van der Waals surface area contributed by atoms with E-state index in [2.05, 4.69) is 52.1 Å². The van der Waals surface area contributed by atoms with E-state index in [9.17, 15) is 0 Å². The average molecular weight is 325 g/mol. The van der Waals surface area contributed by atoms with Crippen LogP contribution in [0.15, 0.2) is 22.8 Å². The molecule has 19 heavy (non-hydrogen) atoms. The monoisotopic (exact) mass is 324 g/mol. The van der Waals surface area contributed by atoms with E-state index in [-0.39, 0.29) is 0 Å². The topological polar surface area (TPSA) is 42.2 Å². The van der Waals surface area contributed by atoms with Crippen LogP contribution in [-0.4, -0.2) is 20.6 Å². The zero-order valence-corrected chi connectivity index (χ0v) is 13.3. The number of anilines is 1. The van der Waals surface area contributed by atoms with Gasteiger partial charge in [0.25, 0.3) is 0 Å². The van der Waals surface area contributed by atoms with Crippen LogP contribution in [0.5, 0.6) is 0 Å². The van der Waals surface area contributed by atoms with Gasteiger partial charge in [-0.15, -0.1) is 5.10 Å². The molecule has 5 heteroatoms. The third-order valence-electron chi connectivity index (χ3n) is 3.09. The Hall–Kier alpha value is -1.10. The lowest BCUT2D eigenvalue weighted by molar-refractivity contribution is 0.519. The Kier molecular flexibility index (Phi) is 4.80. The Morgan fingerprint density at radius 1 is 1.26 bits per heavy atom. The first kappa shape index (κ1) is 14.3. The molecule has 104 valence electrons. The number of hydrogen-bond donors (Lipinski definition) is 1. The van der Waals surface area contributed by atoms with Crippen LogP contribution in [0.3, 0.4) is 0 Å². The van der Waals surface area contributed by atoms with Crippen molar-refractivity contribution < 1.29 is 0 Å². The predicted octanol–water partition coefficient (Wildman–Crippen LogP) is 4.12. The number of nitrogens with one attached hydrogen (secondary N) is 1. The van der Waals surface area contributed by atoms with Crippen LogP contribution < -0.4 is 5.32 Å². The van der Waals surface area contributed by atoms with Crippen LogP contribution in [0, 0.1) is 5.92 Å². The molecule has 4 nitrogen and oxygen atoms in total. The van der Waals surface area contributed by atoms with Gasteiger partial charge in [0.1, 0.15) is 0 Å². The second kappa shape index (κ2) is 6.37. The number of fused-ring (bicyclic) bond motifs is 1. The first-order valence-electron chi connectivity index (χ1n) is 6.83. The van der Waals surface area contributed by atoms with E-state index >= 15 is 0 Å². The van der Waals surface area contributed by atoms with Crippen molar-refractivity contribution in [1.82, 2.24) is 14.6 Å². The van der Waals surface area contributed by atoms with Crippen LogP contribution in [-0.2, 0) is 0 Å². The molecule has 2 aromatic heterocycles. The van der Waals surface area contributed by atoms with Crippen molar-refractivity contribution in [3.8, 4) is 0 Å². The van der Waals surface area contributed by atoms with Crippen LogP contribution in [0.4, 0.5) is 5.95 Å². The summed E-state index contributed by atoms with van der Waals surface area (Å²) in [5.41, 5.74) is 0.861. The lowest BCUT2D eigenvalue weighted by atomic mass is 10.0. The minimum absolute atomic E-state index is 0.402. The molecule has 0 aliphatic rings. The molecular formula is C14H21BrN4. The third-order valence-corrected chi connectivity index (χ3v) is 3.56. The Morgan fingerprint density at radius 3 is 2.79 bits per heavy atom. The third kappa shape index (κ3) is 4.20. The molecule has 2 heterocycles. The largest absolute Gasteiger partial charge is 0.350 e. The number of hydrogen-bond acceptors (Lipinski definition) is 3. The van der Waals surface area contributed by atoms with Crippen molar-refractivity contribution in [2.24, 2.45) is 5.92 Å². The zero-order valence-electron chi connectivity index (χ0n) is 11.7. The molecule has 0 fully saturated rings. The molecule has 1 atom stereocenters. The molecule has 0 amide bonds. The highest BCUT2D eigenvalue weighted by Gasteiger charge is 2.08. The maximum atomic E-state index is 4.46. The Morgan fingerprint density at radius 2 is 2.05 bits per heavy atom. The molecule has 2 rings (SSSR count). The first-order valence-corrected chi connectivity index (χ1v) is 7.62. The second-order valence-corrected chi connectivity index (χ2v) is 6.37. The van der Waals surface area contributed by atoms with Crippen molar-refractivity contribution in [3.63, 3.8) is 0 Å². The van der Waals surface area contributed by atoms with Gasteiger partial charge in [0, 0.05) is 16.7 Å². The van der Waals surface area contributed by atoms with E-state index in [1.807, 2.05) is 18.3 Å². The molecule has 0 saturated heterocycles. The van der Waals surface area contributed by atoms with Crippen molar-refractivity contribution in [3.05, 3.63) is 22.8 Å². The van der Waals surface area contributed by atoms with Crippen LogP contribution in [0.1, 0.15) is 40.0 Å². The van der Waals surface area contributed by atoms with Gasteiger partial charge in [-0.05, 0) is 47.3 Å². The van der Waals surface area contributed by atoms with Gasteiger partial charge in [-0.25, -0.2) is 4.52 Å². The molecular weight excluding hydrogens is 304 g/mol. The molecule has 2 aromatic rings. The first-order chi connectivity index (χ1) is 9.04. The molecule has 0 saturated carbocycles. The minimum atomic E-state index is 0.402. The average Bonchev–Trinajstić information content (AvgIpc) is 2.69. The highest BCUT2D eigenvalue weighted by atomic mass is 79.9. The standard InChI is InChI=1S/C14H21BrN4/c1-10(2)5-4-6-11(3)16-14-17-13-8-7-12(15)9-19(13)18-14/h7-11H,4-6H2,1-3H3,(H,16,18). The summed E-state index contributed by atoms with van der Waals surface area (Å²) in [5.74, 6) is 1.48. The van der Waals surface area contributed by atoms with Crippen LogP contribution >= 0.6 is 15.9 Å². The fourth-order valence-corrected chi connectivity index (χ4v) is 2.37. The summed E-state index contributed by atoms with van der Waals surface area (Å²) in [5, 5.41) is 7.79. The summed E-state index contributed by atoms with van der Waals surface area (Å²) in [6.45, 7) is 6.71. The number of aromatic nitrogens is 3. The SMILES string of the molecule is CC(C)CCCC(C)Nc1nc2ccc(Br)cn2n1. The molecule has 0 aliphatic carbocycles. The Bertz CT molecular complexity index is 535. The lowest BCUT2D eigenvalue weighted by Gasteiger charge is -2.12. The number of rotatable bonds is 6. The van der Waals surface area contributed by atoms with E-state index in [4.69, 9.17) is 0 Å². The molecule has 0 bridgehead atoms. The maximum Gasteiger partial charge on any atom is 0.243 e. The number of nitrogens with zero attached hydrogens (tertiary/aromatic N) is 3. The van der Waals surface area contributed by atoms with Crippen LogP contribution in [0.25, 0.3) is 5.65 Å². The van der Waals surface area contributed by atoms with Gasteiger partial charge in [-0.3, -0.25) is 0 Å². The van der Waals surface area contributed by atoms with Gasteiger partial charge in [0.05, 0.1) is 0 Å². The van der Waals surface area contributed by atoms with E-state index in [0.717, 1.165) is 22.5 Å². The molecule has 0 aromatic carbocycles. The summed E-state index contributed by atoms with van der Waals surface area (Å²) in [6, 6.07) is 4.32. The smallest absolute Gasteiger partial charge is 0.243 e. The lowest BCUT2D eigenvalue weighted by Crippen LogP contribution is -2.16. The Balaban J connectivity index is 1.93. The molecule has 0 radical (unpaired) electrons. The van der Waals surface area contributed by atoms with Gasteiger partial charge >= 0.3 is 0 Å². The number of pyridine rings is 1. The van der Waals surface area contributed by atoms with Gasteiger partial charge in [-0.1, -0.05) is 26.7 Å². The Labute approximate surface area is 122 Å². The molecule has 1 unspecified atom stereocenters. The molecule has 0 spiro atoms. The summed E-state index contributed by atoms with van der Waals surface area (Å²) in [4.78, 5) is 4.46. The molecule has 1 N–H and O–H groups in total. The number of halogens is 1. The second-order valence-electron chi connectivity index (χ2n) is 5.46. The van der Waals surface area contributed by atoms with E-state index < -0.39 is 0 Å².